The fraction of sp³-hybridized carbons (Fsp3) is 0.825. The van der Waals surface area contributed by atoms with Gasteiger partial charge in [-0.05, 0) is 69.1 Å². The first kappa shape index (κ1) is 39.9. The minimum Gasteiger partial charge on any atom is -0.452 e. The van der Waals surface area contributed by atoms with Crippen LogP contribution in [0.5, 0.6) is 0 Å². The standard InChI is InChI=1S/C40H67ClO4/c1-3-5-6-7-8-9-10-11-12-13-14-15-16-17-20-23-32-45-39(44)29-22-19-18-21-26-34-35(37(42)33-36(34)41)27-24-28-38(43)40(4-2)30-25-31-40/h18,21,24,27,34-38,42-43H,3-17,19,22,25-26,28-33H2,1-2H3/b21-18-,27-24+/t34-,35-,36-,37-,38+/m1/s1. The number of rotatable bonds is 25. The fourth-order valence-electron chi connectivity index (χ4n) is 7.13. The van der Waals surface area contributed by atoms with Crippen LogP contribution in [-0.2, 0) is 9.53 Å². The fourth-order valence-corrected chi connectivity index (χ4v) is 7.58. The van der Waals surface area contributed by atoms with Crippen molar-refractivity contribution in [2.24, 2.45) is 17.3 Å². The average Bonchev–Trinajstić information content (AvgIpc) is 3.27. The van der Waals surface area contributed by atoms with E-state index in [1.165, 1.54) is 83.5 Å². The van der Waals surface area contributed by atoms with Crippen molar-refractivity contribution in [2.45, 2.75) is 186 Å². The number of carbonyl (C=O) groups excluding carboxylic acids is 1. The largest absolute Gasteiger partial charge is 0.452 e. The van der Waals surface area contributed by atoms with Crippen LogP contribution in [-0.4, -0.2) is 40.4 Å². The molecule has 4 nitrogen and oxygen atoms in total. The van der Waals surface area contributed by atoms with Gasteiger partial charge in [0.1, 0.15) is 0 Å². The van der Waals surface area contributed by atoms with E-state index in [-0.39, 0.29) is 41.3 Å². The van der Waals surface area contributed by atoms with E-state index >= 15 is 0 Å². The molecule has 0 unspecified atom stereocenters. The number of allylic oxidation sites excluding steroid dienone is 2. The van der Waals surface area contributed by atoms with E-state index in [1.54, 1.807) is 0 Å². The Balaban J connectivity index is 1.46. The molecule has 5 heteroatoms. The van der Waals surface area contributed by atoms with Crippen LogP contribution >= 0.6 is 11.6 Å². The molecule has 0 bridgehead atoms. The molecule has 2 saturated carbocycles. The molecule has 0 spiro atoms. The van der Waals surface area contributed by atoms with Crippen molar-refractivity contribution < 1.29 is 19.7 Å². The summed E-state index contributed by atoms with van der Waals surface area (Å²) in [6.07, 6.45) is 34.6. The highest BCUT2D eigenvalue weighted by Crippen LogP contribution is 2.48. The van der Waals surface area contributed by atoms with E-state index in [1.807, 2.05) is 0 Å². The molecule has 0 saturated heterocycles. The topological polar surface area (TPSA) is 66.8 Å². The zero-order chi connectivity index (χ0) is 32.6. The number of hydrogen-bond donors (Lipinski definition) is 2. The summed E-state index contributed by atoms with van der Waals surface area (Å²) >= 11 is 6.61. The second-order valence-electron chi connectivity index (χ2n) is 13.9. The maximum absolute atomic E-state index is 12.0. The molecule has 0 radical (unpaired) electrons. The number of esters is 1. The summed E-state index contributed by atoms with van der Waals surface area (Å²) in [5, 5.41) is 21.2. The first-order chi connectivity index (χ1) is 21.9. The number of carbonyl (C=O) groups is 1. The number of alkyl halides is 1. The summed E-state index contributed by atoms with van der Waals surface area (Å²) in [5.41, 5.74) is 0.0984. The van der Waals surface area contributed by atoms with Crippen molar-refractivity contribution in [2.75, 3.05) is 6.61 Å². The van der Waals surface area contributed by atoms with E-state index in [4.69, 9.17) is 16.3 Å². The van der Waals surface area contributed by atoms with Gasteiger partial charge in [0.2, 0.25) is 0 Å². The SMILES string of the molecule is CCCCCCCCCCCCCCCC#CCOC(=O)CCC/C=C\C[C@@H]1[C@@H](/C=C/C[C@H](O)C2(CC)CCC2)[C@H](O)C[C@H]1Cl. The highest BCUT2D eigenvalue weighted by atomic mass is 35.5. The summed E-state index contributed by atoms with van der Waals surface area (Å²) < 4.78 is 5.27. The Bertz CT molecular complexity index is 877. The van der Waals surface area contributed by atoms with E-state index in [0.717, 1.165) is 51.4 Å². The molecule has 2 fully saturated rings. The molecule has 5 atom stereocenters. The Morgan fingerprint density at radius 1 is 0.911 bits per heavy atom. The normalized spacial score (nSPS) is 23.2. The van der Waals surface area contributed by atoms with Gasteiger partial charge in [-0.2, -0.15) is 0 Å². The van der Waals surface area contributed by atoms with Gasteiger partial charge in [-0.25, -0.2) is 0 Å². The van der Waals surface area contributed by atoms with Crippen molar-refractivity contribution in [1.82, 2.24) is 0 Å². The van der Waals surface area contributed by atoms with E-state index in [0.29, 0.717) is 19.3 Å². The summed E-state index contributed by atoms with van der Waals surface area (Å²) in [6, 6.07) is 0. The van der Waals surface area contributed by atoms with Crippen molar-refractivity contribution in [3.8, 4) is 11.8 Å². The van der Waals surface area contributed by atoms with Gasteiger partial charge >= 0.3 is 5.97 Å². The Morgan fingerprint density at radius 3 is 2.16 bits per heavy atom. The Hall–Kier alpha value is -1.28. The number of halogens is 1. The van der Waals surface area contributed by atoms with Gasteiger partial charge in [-0.3, -0.25) is 4.79 Å². The van der Waals surface area contributed by atoms with Gasteiger partial charge in [0, 0.05) is 24.1 Å². The van der Waals surface area contributed by atoms with Crippen molar-refractivity contribution >= 4 is 17.6 Å². The molecule has 0 aromatic carbocycles. The third-order valence-corrected chi connectivity index (χ3v) is 11.0. The average molecular weight is 647 g/mol. The van der Waals surface area contributed by atoms with Crippen LogP contribution < -0.4 is 0 Å². The molecule has 2 N–H and O–H groups in total. The number of aliphatic hydroxyl groups is 2. The lowest BCUT2D eigenvalue weighted by Crippen LogP contribution is -2.40. The molecule has 0 amide bonds. The van der Waals surface area contributed by atoms with Crippen LogP contribution in [0.25, 0.3) is 0 Å². The minimum atomic E-state index is -0.435. The minimum absolute atomic E-state index is 0.0175. The van der Waals surface area contributed by atoms with Crippen LogP contribution in [0.2, 0.25) is 0 Å². The lowest BCUT2D eigenvalue weighted by molar-refractivity contribution is -0.142. The number of ether oxygens (including phenoxy) is 1. The molecule has 2 aliphatic carbocycles. The second-order valence-corrected chi connectivity index (χ2v) is 14.5. The molecular formula is C40H67ClO4. The van der Waals surface area contributed by atoms with Crippen LogP contribution in [0.15, 0.2) is 24.3 Å². The molecule has 0 aromatic heterocycles. The van der Waals surface area contributed by atoms with Gasteiger partial charge < -0.3 is 14.9 Å². The molecule has 0 heterocycles. The molecule has 2 aliphatic rings. The predicted octanol–water partition coefficient (Wildman–Crippen LogP) is 10.6. The van der Waals surface area contributed by atoms with Crippen molar-refractivity contribution in [3.63, 3.8) is 0 Å². The Labute approximate surface area is 282 Å². The first-order valence-corrected chi connectivity index (χ1v) is 19.3. The smallest absolute Gasteiger partial charge is 0.306 e. The second kappa shape index (κ2) is 24.8. The number of unbranched alkanes of at least 4 members (excludes halogenated alkanes) is 14. The van der Waals surface area contributed by atoms with Gasteiger partial charge in [-0.15, -0.1) is 11.6 Å². The van der Waals surface area contributed by atoms with Crippen molar-refractivity contribution in [1.29, 1.82) is 0 Å². The van der Waals surface area contributed by atoms with Crippen LogP contribution in [0.1, 0.15) is 168 Å². The molecule has 2 rings (SSSR count). The van der Waals surface area contributed by atoms with E-state index in [2.05, 4.69) is 50.0 Å². The molecular weight excluding hydrogens is 580 g/mol. The highest BCUT2D eigenvalue weighted by Gasteiger charge is 2.42. The third kappa shape index (κ3) is 16.4. The molecule has 0 aliphatic heterocycles. The Morgan fingerprint density at radius 2 is 1.56 bits per heavy atom. The molecule has 258 valence electrons. The predicted molar refractivity (Wildman–Crippen MR) is 190 cm³/mol. The van der Waals surface area contributed by atoms with Gasteiger partial charge in [-0.1, -0.05) is 133 Å². The summed E-state index contributed by atoms with van der Waals surface area (Å²) in [7, 11) is 0. The van der Waals surface area contributed by atoms with Crippen LogP contribution in [0.4, 0.5) is 0 Å². The van der Waals surface area contributed by atoms with E-state index in [9.17, 15) is 15.0 Å². The monoisotopic (exact) mass is 646 g/mol. The first-order valence-electron chi connectivity index (χ1n) is 18.9. The summed E-state index contributed by atoms with van der Waals surface area (Å²) in [5.74, 6) is 6.15. The quantitative estimate of drug-likeness (QED) is 0.0340. The maximum atomic E-state index is 12.0. The van der Waals surface area contributed by atoms with Crippen LogP contribution in [0.3, 0.4) is 0 Å². The zero-order valence-corrected chi connectivity index (χ0v) is 29.7. The third-order valence-electron chi connectivity index (χ3n) is 10.5. The zero-order valence-electron chi connectivity index (χ0n) is 29.0. The van der Waals surface area contributed by atoms with Crippen molar-refractivity contribution in [3.05, 3.63) is 24.3 Å². The van der Waals surface area contributed by atoms with Gasteiger partial charge in [0.25, 0.3) is 0 Å². The number of hydrogen-bond acceptors (Lipinski definition) is 4. The highest BCUT2D eigenvalue weighted by molar-refractivity contribution is 6.21. The van der Waals surface area contributed by atoms with Gasteiger partial charge in [0.15, 0.2) is 6.61 Å². The van der Waals surface area contributed by atoms with E-state index < -0.39 is 6.10 Å². The van der Waals surface area contributed by atoms with Crippen LogP contribution in [0, 0.1) is 29.1 Å². The maximum Gasteiger partial charge on any atom is 0.306 e. The molecule has 0 aromatic rings. The Kier molecular flexibility index (Phi) is 22.0. The lowest BCUT2D eigenvalue weighted by atomic mass is 9.63. The lowest BCUT2D eigenvalue weighted by Gasteiger charge is -2.45. The molecule has 45 heavy (non-hydrogen) atoms. The number of aliphatic hydroxyl groups excluding tert-OH is 2. The summed E-state index contributed by atoms with van der Waals surface area (Å²) in [4.78, 5) is 12.0. The summed E-state index contributed by atoms with van der Waals surface area (Å²) in [6.45, 7) is 4.64. The van der Waals surface area contributed by atoms with Gasteiger partial charge in [0.05, 0.1) is 12.2 Å².